The molecule has 0 spiro atoms. The van der Waals surface area contributed by atoms with Crippen LogP contribution < -0.4 is 9.47 Å². The van der Waals surface area contributed by atoms with Crippen LogP contribution in [-0.2, 0) is 49.4 Å². The maximum Gasteiger partial charge on any atom is 0.336 e. The van der Waals surface area contributed by atoms with Crippen molar-refractivity contribution in [2.45, 2.75) is 38.5 Å². The number of benzene rings is 3. The number of esters is 5. The lowest BCUT2D eigenvalue weighted by molar-refractivity contribution is -0.151. The minimum atomic E-state index is -0.646. The van der Waals surface area contributed by atoms with Gasteiger partial charge in [-0.15, -0.1) is 0 Å². The lowest BCUT2D eigenvalue weighted by atomic mass is 10.0. The monoisotopic (exact) mass is 682 g/mol. The molecule has 50 heavy (non-hydrogen) atoms. The maximum absolute atomic E-state index is 12.3. The summed E-state index contributed by atoms with van der Waals surface area (Å²) in [5.41, 5.74) is 3.49. The summed E-state index contributed by atoms with van der Waals surface area (Å²) in [4.78, 5) is 70.2. The largest absolute Gasteiger partial charge is 0.466 e. The van der Waals surface area contributed by atoms with Crippen molar-refractivity contribution >= 4 is 41.7 Å². The number of hydrogen-bond acceptors (Lipinski definition) is 11. The molecule has 0 saturated carbocycles. The van der Waals surface area contributed by atoms with Gasteiger partial charge in [-0.25, -0.2) is 9.59 Å². The van der Waals surface area contributed by atoms with Crippen molar-refractivity contribution < 1.29 is 52.5 Å². The SMILES string of the molecule is C=CC(=O)CCCOC(=O)CCC(=O)OCCC(=O)Oc1ccc(-c2ccc(/C=C/C(=O)Oc3ccc(CCOC(=O)C=C)cc3)cc2)cc1. The lowest BCUT2D eigenvalue weighted by Gasteiger charge is -2.08. The van der Waals surface area contributed by atoms with Crippen molar-refractivity contribution in [3.05, 3.63) is 115 Å². The zero-order chi connectivity index (χ0) is 36.1. The zero-order valence-corrected chi connectivity index (χ0v) is 27.5. The van der Waals surface area contributed by atoms with E-state index in [1.807, 2.05) is 24.3 Å². The fourth-order valence-corrected chi connectivity index (χ4v) is 4.18. The second-order valence-corrected chi connectivity index (χ2v) is 10.6. The van der Waals surface area contributed by atoms with Crippen LogP contribution in [0.3, 0.4) is 0 Å². The van der Waals surface area contributed by atoms with Crippen LogP contribution in [-0.4, -0.2) is 55.5 Å². The first-order valence-electron chi connectivity index (χ1n) is 15.8. The quantitative estimate of drug-likeness (QED) is 0.0458. The smallest absolute Gasteiger partial charge is 0.336 e. The molecule has 0 fully saturated rings. The molecule has 3 aromatic carbocycles. The Kier molecular flexibility index (Phi) is 16.1. The predicted molar refractivity (Wildman–Crippen MR) is 184 cm³/mol. The fourth-order valence-electron chi connectivity index (χ4n) is 4.18. The van der Waals surface area contributed by atoms with Crippen LogP contribution in [0.5, 0.6) is 11.5 Å². The fraction of sp³-hybridized carbons (Fsp3) is 0.231. The molecule has 0 unspecified atom stereocenters. The van der Waals surface area contributed by atoms with Crippen molar-refractivity contribution in [3.63, 3.8) is 0 Å². The van der Waals surface area contributed by atoms with Gasteiger partial charge in [0.1, 0.15) is 18.1 Å². The minimum Gasteiger partial charge on any atom is -0.466 e. The maximum atomic E-state index is 12.3. The molecular weight excluding hydrogens is 644 g/mol. The first kappa shape index (κ1) is 38.3. The number of ketones is 1. The summed E-state index contributed by atoms with van der Waals surface area (Å²) in [6, 6.07) is 21.3. The van der Waals surface area contributed by atoms with Gasteiger partial charge in [-0.3, -0.25) is 19.2 Å². The Labute approximate surface area is 290 Å². The molecule has 11 nitrogen and oxygen atoms in total. The Hall–Kier alpha value is -6.10. The number of carbonyl (C=O) groups excluding carboxylic acids is 6. The Bertz CT molecular complexity index is 1670. The summed E-state index contributed by atoms with van der Waals surface area (Å²) in [7, 11) is 0. The van der Waals surface area contributed by atoms with Gasteiger partial charge in [-0.05, 0) is 65.1 Å². The molecule has 0 aliphatic carbocycles. The molecule has 0 aliphatic rings. The molecule has 0 aliphatic heterocycles. The molecule has 260 valence electrons. The van der Waals surface area contributed by atoms with Crippen molar-refractivity contribution in [3.8, 4) is 22.6 Å². The normalized spacial score (nSPS) is 10.5. The van der Waals surface area contributed by atoms with Crippen LogP contribution in [0.4, 0.5) is 0 Å². The molecule has 3 aromatic rings. The summed E-state index contributed by atoms with van der Waals surface area (Å²) in [5, 5.41) is 0. The first-order chi connectivity index (χ1) is 24.1. The zero-order valence-electron chi connectivity index (χ0n) is 27.5. The van der Waals surface area contributed by atoms with Gasteiger partial charge in [-0.1, -0.05) is 61.7 Å². The molecule has 0 aromatic heterocycles. The van der Waals surface area contributed by atoms with E-state index in [2.05, 4.69) is 13.2 Å². The van der Waals surface area contributed by atoms with Gasteiger partial charge in [0.15, 0.2) is 5.78 Å². The van der Waals surface area contributed by atoms with E-state index in [0.717, 1.165) is 28.3 Å². The molecular formula is C39H38O11. The lowest BCUT2D eigenvalue weighted by Crippen LogP contribution is -2.15. The van der Waals surface area contributed by atoms with Gasteiger partial charge in [-0.2, -0.15) is 0 Å². The summed E-state index contributed by atoms with van der Waals surface area (Å²) >= 11 is 0. The van der Waals surface area contributed by atoms with E-state index >= 15 is 0 Å². The van der Waals surface area contributed by atoms with E-state index in [1.54, 1.807) is 54.6 Å². The molecule has 0 amide bonds. The Morgan fingerprint density at radius 3 is 1.74 bits per heavy atom. The van der Waals surface area contributed by atoms with E-state index in [-0.39, 0.29) is 51.3 Å². The van der Waals surface area contributed by atoms with E-state index in [0.29, 0.717) is 24.3 Å². The average Bonchev–Trinajstić information content (AvgIpc) is 3.12. The minimum absolute atomic E-state index is 0.0736. The molecule has 0 atom stereocenters. The number of carbonyl (C=O) groups is 6. The molecule has 0 saturated heterocycles. The van der Waals surface area contributed by atoms with Gasteiger partial charge in [0.2, 0.25) is 0 Å². The van der Waals surface area contributed by atoms with Gasteiger partial charge >= 0.3 is 29.8 Å². The van der Waals surface area contributed by atoms with Crippen LogP contribution in [0.25, 0.3) is 17.2 Å². The summed E-state index contributed by atoms with van der Waals surface area (Å²) in [6.07, 6.45) is 5.89. The van der Waals surface area contributed by atoms with Crippen molar-refractivity contribution in [2.24, 2.45) is 0 Å². The summed E-state index contributed by atoms with van der Waals surface area (Å²) in [5.74, 6) is -2.25. The number of allylic oxidation sites excluding steroid dienone is 1. The van der Waals surface area contributed by atoms with Gasteiger partial charge < -0.3 is 23.7 Å². The average molecular weight is 683 g/mol. The van der Waals surface area contributed by atoms with Gasteiger partial charge in [0.25, 0.3) is 0 Å². The molecule has 3 rings (SSSR count). The van der Waals surface area contributed by atoms with Crippen LogP contribution in [0.1, 0.15) is 43.2 Å². The number of rotatable bonds is 20. The third-order valence-corrected chi connectivity index (χ3v) is 6.85. The summed E-state index contributed by atoms with van der Waals surface area (Å²) in [6.45, 7) is 6.81. The van der Waals surface area contributed by atoms with E-state index in [4.69, 9.17) is 23.7 Å². The van der Waals surface area contributed by atoms with Gasteiger partial charge in [0.05, 0.1) is 32.5 Å². The predicted octanol–water partition coefficient (Wildman–Crippen LogP) is 5.94. The van der Waals surface area contributed by atoms with Crippen molar-refractivity contribution in [1.29, 1.82) is 0 Å². The highest BCUT2D eigenvalue weighted by molar-refractivity contribution is 5.89. The van der Waals surface area contributed by atoms with E-state index in [1.165, 1.54) is 12.2 Å². The third kappa shape index (κ3) is 14.8. The second-order valence-electron chi connectivity index (χ2n) is 10.6. The van der Waals surface area contributed by atoms with Crippen molar-refractivity contribution in [1.82, 2.24) is 0 Å². The molecule has 11 heteroatoms. The van der Waals surface area contributed by atoms with Crippen LogP contribution in [0.2, 0.25) is 0 Å². The molecule has 0 heterocycles. The number of ether oxygens (including phenoxy) is 5. The standard InChI is InChI=1S/C39H38O11/c1-3-32(40)6-5-25-46-36(42)21-22-37(43)48-27-24-39(45)50-34-18-14-31(15-19-34)30-12-7-28(8-13-30)11-20-38(44)49-33-16-9-29(10-17-33)23-26-47-35(41)4-2/h3-4,7-20H,1-2,5-6,21-27H2/b20-11+. The second kappa shape index (κ2) is 21.0. The van der Waals surface area contributed by atoms with Crippen LogP contribution in [0, 0.1) is 0 Å². The highest BCUT2D eigenvalue weighted by atomic mass is 16.6. The third-order valence-electron chi connectivity index (χ3n) is 6.85. The van der Waals surface area contributed by atoms with Crippen LogP contribution in [0.15, 0.2) is 104 Å². The van der Waals surface area contributed by atoms with Gasteiger partial charge in [0, 0.05) is 25.0 Å². The topological polar surface area (TPSA) is 149 Å². The highest BCUT2D eigenvalue weighted by Gasteiger charge is 2.12. The van der Waals surface area contributed by atoms with E-state index < -0.39 is 29.8 Å². The Balaban J connectivity index is 1.35. The molecule has 0 N–H and O–H groups in total. The number of hydrogen-bond donors (Lipinski definition) is 0. The highest BCUT2D eigenvalue weighted by Crippen LogP contribution is 2.23. The Morgan fingerprint density at radius 2 is 1.12 bits per heavy atom. The van der Waals surface area contributed by atoms with Crippen molar-refractivity contribution in [2.75, 3.05) is 19.8 Å². The summed E-state index contributed by atoms with van der Waals surface area (Å²) < 4.78 is 25.6. The van der Waals surface area contributed by atoms with Crippen LogP contribution >= 0.6 is 0 Å². The Morgan fingerprint density at radius 1 is 0.540 bits per heavy atom. The van der Waals surface area contributed by atoms with E-state index in [9.17, 15) is 28.8 Å². The first-order valence-corrected chi connectivity index (χ1v) is 15.8. The molecule has 0 radical (unpaired) electrons. The molecule has 0 bridgehead atoms.